The molecule has 0 aliphatic heterocycles. The highest BCUT2D eigenvalue weighted by Gasteiger charge is 2.30. The summed E-state index contributed by atoms with van der Waals surface area (Å²) in [4.78, 5) is 0. The van der Waals surface area contributed by atoms with Crippen LogP contribution >= 0.6 is 0 Å². The van der Waals surface area contributed by atoms with Crippen LogP contribution in [0.5, 0.6) is 0 Å². The Hall–Kier alpha value is -0.0900. The maximum atomic E-state index is 11.6. The fourth-order valence-electron chi connectivity index (χ4n) is 1.52. The van der Waals surface area contributed by atoms with Gasteiger partial charge in [-0.2, -0.15) is 0 Å². The van der Waals surface area contributed by atoms with Crippen LogP contribution in [0.1, 0.15) is 40.0 Å². The molecule has 0 saturated heterocycles. The van der Waals surface area contributed by atoms with Crippen LogP contribution in [-0.4, -0.2) is 20.2 Å². The molecule has 0 spiro atoms. The first-order chi connectivity index (χ1) is 6.44. The summed E-state index contributed by atoms with van der Waals surface area (Å²) in [5, 5.41) is 0. The second-order valence-electron chi connectivity index (χ2n) is 4.54. The van der Waals surface area contributed by atoms with Gasteiger partial charge in [0.05, 0.1) is 5.75 Å². The van der Waals surface area contributed by atoms with E-state index in [0.29, 0.717) is 5.92 Å². The molecule has 84 valence electrons. The normalized spacial score (nSPS) is 21.9. The molecule has 0 aromatic carbocycles. The van der Waals surface area contributed by atoms with Gasteiger partial charge in [0, 0.05) is 6.04 Å². The van der Waals surface area contributed by atoms with Crippen molar-refractivity contribution in [3.8, 4) is 0 Å². The van der Waals surface area contributed by atoms with Crippen molar-refractivity contribution in [1.29, 1.82) is 0 Å². The number of rotatable bonds is 6. The number of nitrogens with one attached hydrogen (secondary N) is 1. The number of hydrogen-bond donors (Lipinski definition) is 1. The smallest absolute Gasteiger partial charge is 0.212 e. The van der Waals surface area contributed by atoms with E-state index < -0.39 is 10.0 Å². The minimum Gasteiger partial charge on any atom is -0.212 e. The zero-order valence-electron chi connectivity index (χ0n) is 9.29. The van der Waals surface area contributed by atoms with Crippen LogP contribution in [0.3, 0.4) is 0 Å². The maximum absolute atomic E-state index is 11.6. The summed E-state index contributed by atoms with van der Waals surface area (Å²) < 4.78 is 26.0. The molecule has 1 fully saturated rings. The molecule has 1 aliphatic carbocycles. The molecule has 0 aromatic heterocycles. The Kier molecular flexibility index (Phi) is 3.95. The maximum Gasteiger partial charge on any atom is 0.212 e. The van der Waals surface area contributed by atoms with Gasteiger partial charge < -0.3 is 0 Å². The molecule has 1 aliphatic rings. The van der Waals surface area contributed by atoms with E-state index in [-0.39, 0.29) is 17.7 Å². The van der Waals surface area contributed by atoms with Crippen molar-refractivity contribution in [3.63, 3.8) is 0 Å². The molecule has 1 rings (SSSR count). The highest BCUT2D eigenvalue weighted by molar-refractivity contribution is 7.89. The third-order valence-electron chi connectivity index (χ3n) is 2.90. The highest BCUT2D eigenvalue weighted by Crippen LogP contribution is 2.32. The second-order valence-corrected chi connectivity index (χ2v) is 6.34. The molecular formula is C10H21NO2S. The van der Waals surface area contributed by atoms with Crippen LogP contribution in [0, 0.1) is 11.8 Å². The summed E-state index contributed by atoms with van der Waals surface area (Å²) in [7, 11) is -3.05. The topological polar surface area (TPSA) is 46.2 Å². The first-order valence-electron chi connectivity index (χ1n) is 5.44. The van der Waals surface area contributed by atoms with Gasteiger partial charge in [-0.25, -0.2) is 13.1 Å². The van der Waals surface area contributed by atoms with Crippen molar-refractivity contribution >= 4 is 10.0 Å². The van der Waals surface area contributed by atoms with E-state index in [2.05, 4.69) is 4.72 Å². The molecule has 14 heavy (non-hydrogen) atoms. The lowest BCUT2D eigenvalue weighted by Crippen LogP contribution is -2.37. The van der Waals surface area contributed by atoms with Gasteiger partial charge >= 0.3 is 0 Å². The highest BCUT2D eigenvalue weighted by atomic mass is 32.2. The summed E-state index contributed by atoms with van der Waals surface area (Å²) >= 11 is 0. The molecule has 3 nitrogen and oxygen atoms in total. The average molecular weight is 219 g/mol. The summed E-state index contributed by atoms with van der Waals surface area (Å²) in [6.45, 7) is 5.96. The van der Waals surface area contributed by atoms with Gasteiger partial charge in [0.2, 0.25) is 10.0 Å². The Bertz CT molecular complexity index is 270. The Labute approximate surface area is 87.3 Å². The lowest BCUT2D eigenvalue weighted by Gasteiger charge is -2.15. The molecular weight excluding hydrogens is 198 g/mol. The van der Waals surface area contributed by atoms with E-state index in [4.69, 9.17) is 0 Å². The molecule has 0 unspecified atom stereocenters. The van der Waals surface area contributed by atoms with Crippen molar-refractivity contribution < 1.29 is 8.42 Å². The number of sulfonamides is 1. The molecule has 4 heteroatoms. The molecule has 1 N–H and O–H groups in total. The van der Waals surface area contributed by atoms with Gasteiger partial charge in [0.25, 0.3) is 0 Å². The first-order valence-corrected chi connectivity index (χ1v) is 7.10. The molecule has 0 radical (unpaired) electrons. The van der Waals surface area contributed by atoms with Gasteiger partial charge in [-0.15, -0.1) is 0 Å². The summed E-state index contributed by atoms with van der Waals surface area (Å²) in [6, 6.07) is 0.129. The Morgan fingerprint density at radius 2 is 1.93 bits per heavy atom. The quantitative estimate of drug-likeness (QED) is 0.740. The predicted molar refractivity (Wildman–Crippen MR) is 58.6 cm³/mol. The van der Waals surface area contributed by atoms with Crippen molar-refractivity contribution in [2.75, 3.05) is 5.75 Å². The van der Waals surface area contributed by atoms with Crippen LogP contribution < -0.4 is 4.72 Å². The molecule has 0 heterocycles. The summed E-state index contributed by atoms with van der Waals surface area (Å²) in [5.74, 6) is 1.10. The zero-order chi connectivity index (χ0) is 10.8. The minimum atomic E-state index is -3.05. The SMILES string of the molecule is CC[C@H](C)CS(=O)(=O)N[C@H](C)C1CC1. The fourth-order valence-corrected chi connectivity index (χ4v) is 3.36. The van der Waals surface area contributed by atoms with Gasteiger partial charge in [0.1, 0.15) is 0 Å². The van der Waals surface area contributed by atoms with E-state index in [0.717, 1.165) is 6.42 Å². The first kappa shape index (κ1) is 12.0. The third kappa shape index (κ3) is 3.96. The van der Waals surface area contributed by atoms with E-state index in [1.54, 1.807) is 0 Å². The molecule has 0 amide bonds. The Balaban J connectivity index is 2.40. The van der Waals surface area contributed by atoms with E-state index >= 15 is 0 Å². The zero-order valence-corrected chi connectivity index (χ0v) is 10.1. The van der Waals surface area contributed by atoms with Crippen LogP contribution in [0.15, 0.2) is 0 Å². The monoisotopic (exact) mass is 219 g/mol. The molecule has 0 aromatic rings. The van der Waals surface area contributed by atoms with Gasteiger partial charge in [-0.05, 0) is 31.6 Å². The summed E-state index contributed by atoms with van der Waals surface area (Å²) in [6.07, 6.45) is 3.26. The van der Waals surface area contributed by atoms with E-state index in [1.165, 1.54) is 12.8 Å². The van der Waals surface area contributed by atoms with Crippen LogP contribution in [0.2, 0.25) is 0 Å². The van der Waals surface area contributed by atoms with Gasteiger partial charge in [-0.1, -0.05) is 20.3 Å². The van der Waals surface area contributed by atoms with Crippen molar-refractivity contribution in [3.05, 3.63) is 0 Å². The fraction of sp³-hybridized carbons (Fsp3) is 1.00. The van der Waals surface area contributed by atoms with Crippen LogP contribution in [0.25, 0.3) is 0 Å². The van der Waals surface area contributed by atoms with Crippen LogP contribution in [-0.2, 0) is 10.0 Å². The molecule has 1 saturated carbocycles. The Morgan fingerprint density at radius 1 is 1.36 bits per heavy atom. The minimum absolute atomic E-state index is 0.129. The average Bonchev–Trinajstić information content (AvgIpc) is 2.84. The lowest BCUT2D eigenvalue weighted by atomic mass is 10.2. The van der Waals surface area contributed by atoms with Crippen molar-refractivity contribution in [2.45, 2.75) is 46.1 Å². The van der Waals surface area contributed by atoms with Crippen LogP contribution in [0.4, 0.5) is 0 Å². The molecule has 0 bridgehead atoms. The van der Waals surface area contributed by atoms with E-state index in [1.807, 2.05) is 20.8 Å². The van der Waals surface area contributed by atoms with Crippen molar-refractivity contribution in [1.82, 2.24) is 4.72 Å². The van der Waals surface area contributed by atoms with E-state index in [9.17, 15) is 8.42 Å². The lowest BCUT2D eigenvalue weighted by molar-refractivity contribution is 0.521. The third-order valence-corrected chi connectivity index (χ3v) is 4.63. The Morgan fingerprint density at radius 3 is 2.36 bits per heavy atom. The summed E-state index contributed by atoms with van der Waals surface area (Å²) in [5.41, 5.74) is 0. The predicted octanol–water partition coefficient (Wildman–Crippen LogP) is 1.75. The largest absolute Gasteiger partial charge is 0.212 e. The molecule has 2 atom stereocenters. The van der Waals surface area contributed by atoms with Gasteiger partial charge in [0.15, 0.2) is 0 Å². The standard InChI is InChI=1S/C10H21NO2S/c1-4-8(2)7-14(12,13)11-9(3)10-5-6-10/h8-11H,4-7H2,1-3H3/t8-,9+/m0/s1. The van der Waals surface area contributed by atoms with Gasteiger partial charge in [-0.3, -0.25) is 0 Å². The van der Waals surface area contributed by atoms with Crippen molar-refractivity contribution in [2.24, 2.45) is 11.8 Å². The second kappa shape index (κ2) is 4.62. The number of hydrogen-bond acceptors (Lipinski definition) is 2.